The Morgan fingerprint density at radius 1 is 1.02 bits per heavy atom. The molecular weight excluding hydrogens is 702 g/mol. The van der Waals surface area contributed by atoms with Crippen LogP contribution in [0.1, 0.15) is 75.2 Å². The van der Waals surface area contributed by atoms with E-state index < -0.39 is 12.1 Å². The van der Waals surface area contributed by atoms with Gasteiger partial charge < -0.3 is 46.9 Å². The smallest absolute Gasteiger partial charge is 0.307 e. The number of benzene rings is 3. The molecule has 7 N–H and O–H groups in total. The minimum absolute atomic E-state index is 0.0280. The van der Waals surface area contributed by atoms with Crippen molar-refractivity contribution < 1.29 is 28.7 Å². The van der Waals surface area contributed by atoms with Crippen LogP contribution in [0, 0.1) is 11.3 Å². The van der Waals surface area contributed by atoms with Gasteiger partial charge in [0.15, 0.2) is 12.5 Å². The fourth-order valence-corrected chi connectivity index (χ4v) is 7.32. The molecule has 3 atom stereocenters. The molecule has 2 saturated heterocycles. The summed E-state index contributed by atoms with van der Waals surface area (Å²) in [6.45, 7) is 3.76. The highest BCUT2D eigenvalue weighted by atomic mass is 16.6. The number of fused-ring (bicyclic) bond motifs is 1. The van der Waals surface area contributed by atoms with Crippen LogP contribution in [0.2, 0.25) is 0 Å². The van der Waals surface area contributed by atoms with Crippen molar-refractivity contribution in [3.63, 3.8) is 0 Å². The molecule has 0 aliphatic carbocycles. The van der Waals surface area contributed by atoms with Crippen LogP contribution in [0.5, 0.6) is 0 Å². The Balaban J connectivity index is 0.882. The lowest BCUT2D eigenvalue weighted by molar-refractivity contribution is -0.145. The van der Waals surface area contributed by atoms with Gasteiger partial charge in [0.2, 0.25) is 5.91 Å². The van der Waals surface area contributed by atoms with Crippen molar-refractivity contribution in [2.24, 2.45) is 5.92 Å². The largest absolute Gasteiger partial charge is 0.441 e. The van der Waals surface area contributed by atoms with Crippen LogP contribution in [-0.4, -0.2) is 105 Å². The van der Waals surface area contributed by atoms with Gasteiger partial charge in [-0.3, -0.25) is 28.9 Å². The van der Waals surface area contributed by atoms with Gasteiger partial charge in [0.05, 0.1) is 23.4 Å². The van der Waals surface area contributed by atoms with Gasteiger partial charge in [-0.05, 0) is 74.2 Å². The van der Waals surface area contributed by atoms with Crippen LogP contribution in [0.4, 0.5) is 28.4 Å². The van der Waals surface area contributed by atoms with Crippen LogP contribution in [0.25, 0.3) is 0 Å². The van der Waals surface area contributed by atoms with Gasteiger partial charge in [-0.15, -0.1) is 0 Å². The van der Waals surface area contributed by atoms with E-state index in [0.717, 1.165) is 49.5 Å². The topological polar surface area (TPSA) is 197 Å². The summed E-state index contributed by atoms with van der Waals surface area (Å²) < 4.78 is 5.23. The summed E-state index contributed by atoms with van der Waals surface area (Å²) in [4.78, 5) is 66.0. The summed E-state index contributed by atoms with van der Waals surface area (Å²) in [5.74, 6) is -0.572. The van der Waals surface area contributed by atoms with Crippen LogP contribution < -0.4 is 31.9 Å². The second-order valence-electron chi connectivity index (χ2n) is 14.1. The van der Waals surface area contributed by atoms with Crippen molar-refractivity contribution in [3.8, 4) is 0 Å². The fraction of sp³-hybridized carbons (Fsp3) is 0.400. The summed E-state index contributed by atoms with van der Waals surface area (Å²) >= 11 is 0. The van der Waals surface area contributed by atoms with Gasteiger partial charge in [0.25, 0.3) is 11.8 Å². The highest BCUT2D eigenvalue weighted by molar-refractivity contribution is 6.07. The molecule has 3 aliphatic rings. The Labute approximate surface area is 320 Å². The third-order valence-corrected chi connectivity index (χ3v) is 10.3. The molecule has 290 valence electrons. The molecule has 2 fully saturated rings. The molecule has 3 aliphatic heterocycles. The molecule has 3 heterocycles. The van der Waals surface area contributed by atoms with Crippen molar-refractivity contribution in [3.05, 3.63) is 76.9 Å². The first kappa shape index (κ1) is 38.8. The first-order valence-electron chi connectivity index (χ1n) is 18.7. The molecule has 3 amide bonds. The lowest BCUT2D eigenvalue weighted by Gasteiger charge is -2.25. The van der Waals surface area contributed by atoms with Crippen molar-refractivity contribution >= 4 is 64.6 Å². The lowest BCUT2D eigenvalue weighted by atomic mass is 10.0. The van der Waals surface area contributed by atoms with Crippen molar-refractivity contribution in [1.82, 2.24) is 15.1 Å². The van der Waals surface area contributed by atoms with E-state index in [1.807, 2.05) is 18.2 Å². The number of carbonyl (C=O) groups excluding carboxylic acids is 5. The lowest BCUT2D eigenvalue weighted by Crippen LogP contribution is -2.37. The van der Waals surface area contributed by atoms with E-state index in [9.17, 15) is 24.0 Å². The van der Waals surface area contributed by atoms with Crippen molar-refractivity contribution in [2.45, 2.75) is 50.9 Å². The van der Waals surface area contributed by atoms with Gasteiger partial charge in [-0.25, -0.2) is 0 Å². The van der Waals surface area contributed by atoms with Gasteiger partial charge in [0.1, 0.15) is 6.17 Å². The Morgan fingerprint density at radius 3 is 2.62 bits per heavy atom. The predicted octanol–water partition coefficient (Wildman–Crippen LogP) is 4.41. The summed E-state index contributed by atoms with van der Waals surface area (Å²) in [5.41, 5.74) is 5.41. The molecule has 15 nitrogen and oxygen atoms in total. The fourth-order valence-electron chi connectivity index (χ4n) is 7.32. The zero-order chi connectivity index (χ0) is 38.9. The molecule has 3 aromatic carbocycles. The maximum Gasteiger partial charge on any atom is 0.307 e. The molecule has 0 saturated carbocycles. The number of nitrogens with one attached hydrogen (secondary N) is 7. The number of ether oxygens (including phenoxy) is 1. The van der Waals surface area contributed by atoms with Crippen molar-refractivity contribution in [2.75, 3.05) is 73.4 Å². The van der Waals surface area contributed by atoms with Crippen molar-refractivity contribution in [1.29, 1.82) is 5.41 Å². The minimum atomic E-state index is -0.668. The van der Waals surface area contributed by atoms with Crippen LogP contribution in [-0.2, 0) is 14.3 Å². The second kappa shape index (κ2) is 17.9. The maximum atomic E-state index is 13.3. The maximum absolute atomic E-state index is 13.3. The number of likely N-dealkylation sites (tertiary alicyclic amines) is 1. The summed E-state index contributed by atoms with van der Waals surface area (Å²) in [7, 11) is 3.33. The van der Waals surface area contributed by atoms with E-state index in [4.69, 9.17) is 10.1 Å². The van der Waals surface area contributed by atoms with Gasteiger partial charge in [-0.2, -0.15) is 0 Å². The van der Waals surface area contributed by atoms with Gasteiger partial charge in [-0.1, -0.05) is 12.1 Å². The first-order valence-corrected chi connectivity index (χ1v) is 18.7. The number of hydrogen-bond donors (Lipinski definition) is 7. The number of cyclic esters (lactones) is 1. The predicted molar refractivity (Wildman–Crippen MR) is 212 cm³/mol. The number of carbonyl (C=O) groups is 5. The number of anilines is 5. The van der Waals surface area contributed by atoms with E-state index in [1.165, 1.54) is 11.1 Å². The Hall–Kier alpha value is -5.96. The average molecular weight is 752 g/mol. The molecule has 0 spiro atoms. The number of hydrogen-bond acceptors (Lipinski definition) is 12. The molecule has 55 heavy (non-hydrogen) atoms. The van der Waals surface area contributed by atoms with Crippen LogP contribution >= 0.6 is 0 Å². The minimum Gasteiger partial charge on any atom is -0.441 e. The molecule has 3 unspecified atom stereocenters. The number of amides is 3. The molecule has 6 rings (SSSR count). The highest BCUT2D eigenvalue weighted by Crippen LogP contribution is 2.33. The second-order valence-corrected chi connectivity index (χ2v) is 14.1. The number of esters is 1. The zero-order valence-corrected chi connectivity index (χ0v) is 31.2. The molecule has 15 heteroatoms. The van der Waals surface area contributed by atoms with E-state index in [-0.39, 0.29) is 41.5 Å². The third kappa shape index (κ3) is 9.59. The molecule has 3 aromatic rings. The summed E-state index contributed by atoms with van der Waals surface area (Å²) in [5, 5.41) is 26.9. The van der Waals surface area contributed by atoms with Crippen LogP contribution in [0.15, 0.2) is 54.6 Å². The normalized spacial score (nSPS) is 18.7. The average Bonchev–Trinajstić information content (AvgIpc) is 3.95. The number of rotatable bonds is 17. The van der Waals surface area contributed by atoms with E-state index >= 15 is 0 Å². The Morgan fingerprint density at radius 2 is 1.85 bits per heavy atom. The number of aldehydes is 1. The monoisotopic (exact) mass is 751 g/mol. The molecule has 0 radical (unpaired) electrons. The van der Waals surface area contributed by atoms with Gasteiger partial charge >= 0.3 is 5.97 Å². The Kier molecular flexibility index (Phi) is 12.6. The molecule has 0 bridgehead atoms. The highest BCUT2D eigenvalue weighted by Gasteiger charge is 2.32. The Bertz CT molecular complexity index is 1940. The number of nitrogens with zero attached hydrogens (tertiary/aromatic N) is 2. The van der Waals surface area contributed by atoms with Crippen LogP contribution in [0.3, 0.4) is 0 Å². The first-order chi connectivity index (χ1) is 26.6. The van der Waals surface area contributed by atoms with Gasteiger partial charge in [0, 0.05) is 93.1 Å². The molecular formula is C40H49N9O6. The molecule has 0 aromatic heterocycles. The third-order valence-electron chi connectivity index (χ3n) is 10.3. The zero-order valence-electron chi connectivity index (χ0n) is 31.2. The quantitative estimate of drug-likeness (QED) is 0.0447. The summed E-state index contributed by atoms with van der Waals surface area (Å²) in [6.07, 6.45) is 4.66. The van der Waals surface area contributed by atoms with E-state index in [1.54, 1.807) is 50.5 Å². The van der Waals surface area contributed by atoms with E-state index in [0.29, 0.717) is 67.1 Å². The summed E-state index contributed by atoms with van der Waals surface area (Å²) in [6, 6.07) is 15.9. The SMILES string of the molecule is CNc1ccc(C(=O)Nc2ccc3c(c2)NC(CN2CCC(CCNC(=O)CCCNc4cccc(C=O)c4C(=O)N(C)C4CCC(=O)O4)C2)N3)cc1C=N. The standard InChI is InChI=1S/C40H49N9O6/c1-42-30-10-8-26(19-28(30)21-41)39(53)45-29-9-11-31-33(20-29)47-34(46-31)23-49-18-15-25(22-49)14-17-44-35(51)7-4-16-43-32-6-3-5-27(24-50)38(32)40(54)48(2)36-12-13-37(52)55-36/h3,5-6,8-11,19-21,24-25,34,36,41-43,46-47H,4,7,12-18,22-23H2,1-2H3,(H,44,51)(H,45,53). The van der Waals surface area contributed by atoms with E-state index in [2.05, 4.69) is 36.8 Å².